The number of nitrogens with one attached hydrogen (secondary N) is 1. The molecule has 2 N–H and O–H groups in total. The van der Waals surface area contributed by atoms with Gasteiger partial charge in [0.25, 0.3) is 0 Å². The normalized spacial score (nSPS) is 36.7. The van der Waals surface area contributed by atoms with Crippen LogP contribution in [0.5, 0.6) is 0 Å². The van der Waals surface area contributed by atoms with Gasteiger partial charge in [0, 0.05) is 13.0 Å². The second kappa shape index (κ2) is 8.43. The molecule has 3 aliphatic rings. The van der Waals surface area contributed by atoms with Gasteiger partial charge >= 0.3 is 6.09 Å². The van der Waals surface area contributed by atoms with Crippen LogP contribution in [0.15, 0.2) is 18.0 Å². The van der Waals surface area contributed by atoms with Crippen molar-refractivity contribution in [1.29, 1.82) is 0 Å². The lowest BCUT2D eigenvalue weighted by Crippen LogP contribution is -2.61. The van der Waals surface area contributed by atoms with E-state index in [-0.39, 0.29) is 35.7 Å². The van der Waals surface area contributed by atoms with Crippen molar-refractivity contribution in [2.24, 2.45) is 11.8 Å². The van der Waals surface area contributed by atoms with E-state index in [9.17, 15) is 9.90 Å². The van der Waals surface area contributed by atoms with Crippen molar-refractivity contribution in [2.75, 3.05) is 13.7 Å². The number of epoxide rings is 2. The van der Waals surface area contributed by atoms with Gasteiger partial charge in [0.15, 0.2) is 0 Å². The molecule has 1 aromatic heterocycles. The van der Waals surface area contributed by atoms with Gasteiger partial charge in [-0.15, -0.1) is 0 Å². The maximum absolute atomic E-state index is 12.6. The molecule has 0 bridgehead atoms. The van der Waals surface area contributed by atoms with Crippen molar-refractivity contribution in [3.8, 4) is 0 Å². The highest BCUT2D eigenvalue weighted by atomic mass is 16.6. The molecule has 0 radical (unpaired) electrons. The molecule has 4 rings (SSSR count). The number of hydrogen-bond donors (Lipinski definition) is 2. The molecule has 3 fully saturated rings. The Morgan fingerprint density at radius 3 is 2.69 bits per heavy atom. The van der Waals surface area contributed by atoms with Gasteiger partial charge in [0.1, 0.15) is 17.8 Å². The Morgan fingerprint density at radius 2 is 2.19 bits per heavy atom. The first-order valence-electron chi connectivity index (χ1n) is 11.5. The number of amides is 1. The molecule has 2 saturated heterocycles. The summed E-state index contributed by atoms with van der Waals surface area (Å²) in [7, 11) is 1.67. The molecule has 1 aliphatic carbocycles. The van der Waals surface area contributed by atoms with E-state index in [0.717, 1.165) is 12.8 Å². The Hall–Kier alpha value is -1.97. The van der Waals surface area contributed by atoms with Crippen molar-refractivity contribution < 1.29 is 24.1 Å². The quantitative estimate of drug-likeness (QED) is 0.461. The summed E-state index contributed by atoms with van der Waals surface area (Å²) in [5.41, 5.74) is 0.551. The fraction of sp³-hybridized carbons (Fsp3) is 0.783. The molecule has 178 valence electrons. The standard InChI is InChI=1S/C23H36N4O5/c1-13(2)7-8-16-22(5,32-16)19-18(30-6)15(9-10-23(19)11-31-23)27(21(28)29)17(14(3)4)20-24-12-25-26-20/h7,12,14-19H,8-11H2,1-6H3,(H,28,29)(H,24,25,26)/t15-,16-,17?,18-,19-,22+,23+/m1/s1. The van der Waals surface area contributed by atoms with Crippen LogP contribution in [0.2, 0.25) is 0 Å². The molecule has 1 saturated carbocycles. The first kappa shape index (κ1) is 23.2. The predicted molar refractivity (Wildman–Crippen MR) is 117 cm³/mol. The number of hydrogen-bond acceptors (Lipinski definition) is 6. The maximum Gasteiger partial charge on any atom is 0.408 e. The molecule has 1 spiro atoms. The molecule has 32 heavy (non-hydrogen) atoms. The van der Waals surface area contributed by atoms with Gasteiger partial charge in [0.2, 0.25) is 0 Å². The van der Waals surface area contributed by atoms with E-state index >= 15 is 0 Å². The maximum atomic E-state index is 12.6. The molecule has 2 aliphatic heterocycles. The summed E-state index contributed by atoms with van der Waals surface area (Å²) in [6.07, 6.45) is 4.63. The molecular weight excluding hydrogens is 412 g/mol. The van der Waals surface area contributed by atoms with Crippen molar-refractivity contribution >= 4 is 6.09 Å². The predicted octanol–water partition coefficient (Wildman–Crippen LogP) is 3.56. The SMILES string of the molecule is CO[C@@H]1[C@H](N(C(=O)O)C(c2ncn[nH]2)C(C)C)CC[C@]2(CO2)[C@H]1[C@@]1(C)O[C@@H]1CC=C(C)C. The third kappa shape index (κ3) is 3.95. The largest absolute Gasteiger partial charge is 0.465 e. The minimum absolute atomic E-state index is 0.00115. The number of aromatic amines is 1. The van der Waals surface area contributed by atoms with Crippen molar-refractivity contribution in [3.63, 3.8) is 0 Å². The highest BCUT2D eigenvalue weighted by Gasteiger charge is 2.72. The van der Waals surface area contributed by atoms with Gasteiger partial charge in [-0.05, 0) is 46.0 Å². The second-order valence-electron chi connectivity index (χ2n) is 10.2. The first-order valence-corrected chi connectivity index (χ1v) is 11.5. The van der Waals surface area contributed by atoms with Crippen LogP contribution < -0.4 is 0 Å². The van der Waals surface area contributed by atoms with Crippen molar-refractivity contribution in [3.05, 3.63) is 23.8 Å². The zero-order valence-electron chi connectivity index (χ0n) is 19.9. The molecule has 7 atom stereocenters. The lowest BCUT2D eigenvalue weighted by Gasteiger charge is -2.48. The van der Waals surface area contributed by atoms with Crippen molar-refractivity contribution in [2.45, 2.75) is 89.4 Å². The summed E-state index contributed by atoms with van der Waals surface area (Å²) in [5, 5.41) is 17.2. The van der Waals surface area contributed by atoms with E-state index in [4.69, 9.17) is 14.2 Å². The van der Waals surface area contributed by atoms with Gasteiger partial charge in [-0.1, -0.05) is 25.5 Å². The lowest BCUT2D eigenvalue weighted by molar-refractivity contribution is -0.102. The number of carboxylic acid groups (broad SMARTS) is 1. The number of nitrogens with zero attached hydrogens (tertiary/aromatic N) is 3. The molecule has 3 heterocycles. The Labute approximate surface area is 189 Å². The van der Waals surface area contributed by atoms with Gasteiger partial charge < -0.3 is 19.3 Å². The molecule has 9 heteroatoms. The molecule has 1 amide bonds. The fourth-order valence-electron chi connectivity index (χ4n) is 5.85. The summed E-state index contributed by atoms with van der Waals surface area (Å²) in [6, 6.07) is -0.804. The average Bonchev–Trinajstić information content (AvgIpc) is 3.56. The lowest BCUT2D eigenvalue weighted by atomic mass is 9.67. The highest BCUT2D eigenvalue weighted by Crippen LogP contribution is 2.60. The van der Waals surface area contributed by atoms with Gasteiger partial charge in [-0.2, -0.15) is 5.10 Å². The van der Waals surface area contributed by atoms with Crippen LogP contribution in [0.3, 0.4) is 0 Å². The first-order chi connectivity index (χ1) is 15.1. The number of allylic oxidation sites excluding steroid dienone is 1. The van der Waals surface area contributed by atoms with Crippen LogP contribution in [-0.4, -0.2) is 74.4 Å². The zero-order chi connectivity index (χ0) is 23.3. The Balaban J connectivity index is 1.67. The summed E-state index contributed by atoms with van der Waals surface area (Å²) in [5.74, 6) is 0.493. The van der Waals surface area contributed by atoms with E-state index in [1.807, 2.05) is 13.8 Å². The van der Waals surface area contributed by atoms with E-state index in [0.29, 0.717) is 18.9 Å². The van der Waals surface area contributed by atoms with Crippen LogP contribution >= 0.6 is 0 Å². The number of carbonyl (C=O) groups is 1. The molecule has 0 aromatic carbocycles. The summed E-state index contributed by atoms with van der Waals surface area (Å²) >= 11 is 0. The van der Waals surface area contributed by atoms with E-state index in [1.165, 1.54) is 16.8 Å². The second-order valence-corrected chi connectivity index (χ2v) is 10.2. The highest BCUT2D eigenvalue weighted by molar-refractivity contribution is 5.66. The van der Waals surface area contributed by atoms with Crippen molar-refractivity contribution in [1.82, 2.24) is 20.1 Å². The van der Waals surface area contributed by atoms with E-state index in [2.05, 4.69) is 42.0 Å². The number of methoxy groups -OCH3 is 1. The number of aromatic nitrogens is 3. The molecule has 1 unspecified atom stereocenters. The average molecular weight is 449 g/mol. The summed E-state index contributed by atoms with van der Waals surface area (Å²) < 4.78 is 18.4. The Kier molecular flexibility index (Phi) is 6.11. The molecular formula is C23H36N4O5. The minimum atomic E-state index is -0.985. The van der Waals surface area contributed by atoms with Crippen LogP contribution in [0.25, 0.3) is 0 Å². The monoisotopic (exact) mass is 448 g/mol. The Bertz CT molecular complexity index is 849. The third-order valence-electron chi connectivity index (χ3n) is 7.48. The van der Waals surface area contributed by atoms with E-state index < -0.39 is 17.7 Å². The number of H-pyrrole nitrogens is 1. The molecule has 9 nitrogen and oxygen atoms in total. The Morgan fingerprint density at radius 1 is 1.47 bits per heavy atom. The van der Waals surface area contributed by atoms with Crippen LogP contribution in [0.1, 0.15) is 65.7 Å². The fourth-order valence-corrected chi connectivity index (χ4v) is 5.85. The summed E-state index contributed by atoms with van der Waals surface area (Å²) in [6.45, 7) is 11.0. The number of ether oxygens (including phenoxy) is 3. The van der Waals surface area contributed by atoms with Crippen LogP contribution in [-0.2, 0) is 14.2 Å². The third-order valence-corrected chi connectivity index (χ3v) is 7.48. The minimum Gasteiger partial charge on any atom is -0.465 e. The van der Waals surface area contributed by atoms with Crippen LogP contribution in [0, 0.1) is 11.8 Å². The zero-order valence-corrected chi connectivity index (χ0v) is 19.9. The topological polar surface area (TPSA) is 116 Å². The van der Waals surface area contributed by atoms with Gasteiger partial charge in [-0.3, -0.25) is 10.00 Å². The van der Waals surface area contributed by atoms with Gasteiger partial charge in [-0.25, -0.2) is 9.78 Å². The smallest absolute Gasteiger partial charge is 0.408 e. The molecule has 1 aromatic rings. The van der Waals surface area contributed by atoms with Crippen LogP contribution in [0.4, 0.5) is 4.79 Å². The van der Waals surface area contributed by atoms with Gasteiger partial charge in [0.05, 0.1) is 36.5 Å². The van der Waals surface area contributed by atoms with E-state index in [1.54, 1.807) is 7.11 Å². The summed E-state index contributed by atoms with van der Waals surface area (Å²) in [4.78, 5) is 18.4. The number of rotatable bonds is 8.